The van der Waals surface area contributed by atoms with Crippen molar-refractivity contribution in [1.29, 1.82) is 0 Å². The first-order valence-corrected chi connectivity index (χ1v) is 7.18. The molecule has 0 aliphatic carbocycles. The quantitative estimate of drug-likeness (QED) is 0.885. The van der Waals surface area contributed by atoms with Crippen molar-refractivity contribution in [3.63, 3.8) is 0 Å². The van der Waals surface area contributed by atoms with Gasteiger partial charge in [0.15, 0.2) is 0 Å². The Bertz CT molecular complexity index is 632. The van der Waals surface area contributed by atoms with Gasteiger partial charge in [0.05, 0.1) is 5.56 Å². The maximum Gasteiger partial charge on any atom is 0.257 e. The van der Waals surface area contributed by atoms with Gasteiger partial charge in [-0.1, -0.05) is 39.0 Å². The van der Waals surface area contributed by atoms with E-state index in [-0.39, 0.29) is 11.3 Å². The zero-order chi connectivity index (χ0) is 14.8. The maximum atomic E-state index is 12.3. The molecule has 0 saturated heterocycles. The predicted molar refractivity (Wildman–Crippen MR) is 85.0 cm³/mol. The first-order valence-electron chi connectivity index (χ1n) is 6.39. The number of halogens is 1. The molecule has 0 aliphatic heterocycles. The van der Waals surface area contributed by atoms with Crippen LogP contribution in [0, 0.1) is 0 Å². The molecule has 1 heterocycles. The van der Waals surface area contributed by atoms with Gasteiger partial charge in [-0.2, -0.15) is 0 Å². The number of rotatable bonds is 2. The summed E-state index contributed by atoms with van der Waals surface area (Å²) in [6.07, 6.45) is 3.21. The molecule has 2 rings (SSSR count). The van der Waals surface area contributed by atoms with E-state index in [1.54, 1.807) is 18.5 Å². The fraction of sp³-hybridized carbons (Fsp3) is 0.250. The van der Waals surface area contributed by atoms with Crippen molar-refractivity contribution in [3.05, 3.63) is 58.3 Å². The molecule has 4 heteroatoms. The molecule has 0 spiro atoms. The Morgan fingerprint density at radius 2 is 1.90 bits per heavy atom. The summed E-state index contributed by atoms with van der Waals surface area (Å²) >= 11 is 3.32. The highest BCUT2D eigenvalue weighted by Crippen LogP contribution is 2.29. The van der Waals surface area contributed by atoms with Crippen molar-refractivity contribution in [2.75, 3.05) is 5.32 Å². The minimum Gasteiger partial charge on any atom is -0.322 e. The number of para-hydroxylation sites is 1. The SMILES string of the molecule is CC(C)(C)c1ccccc1NC(=O)c1cncc(Br)c1. The van der Waals surface area contributed by atoms with Gasteiger partial charge < -0.3 is 5.32 Å². The minimum atomic E-state index is -0.157. The van der Waals surface area contributed by atoms with Gasteiger partial charge in [0.1, 0.15) is 0 Å². The van der Waals surface area contributed by atoms with E-state index in [4.69, 9.17) is 0 Å². The van der Waals surface area contributed by atoms with Gasteiger partial charge in [0, 0.05) is 22.6 Å². The van der Waals surface area contributed by atoms with Crippen LogP contribution in [0.3, 0.4) is 0 Å². The van der Waals surface area contributed by atoms with E-state index in [0.29, 0.717) is 5.56 Å². The third-order valence-corrected chi connectivity index (χ3v) is 3.38. The lowest BCUT2D eigenvalue weighted by Gasteiger charge is -2.23. The van der Waals surface area contributed by atoms with E-state index in [0.717, 1.165) is 15.7 Å². The van der Waals surface area contributed by atoms with Crippen LogP contribution in [0.25, 0.3) is 0 Å². The molecular formula is C16H17BrN2O. The molecule has 0 radical (unpaired) electrons. The molecule has 1 amide bonds. The number of carbonyl (C=O) groups excluding carboxylic acids is 1. The fourth-order valence-electron chi connectivity index (χ4n) is 1.98. The van der Waals surface area contributed by atoms with Crippen LogP contribution in [0.1, 0.15) is 36.7 Å². The summed E-state index contributed by atoms with van der Waals surface area (Å²) in [5.41, 5.74) is 2.45. The molecule has 0 aliphatic rings. The first-order chi connectivity index (χ1) is 9.38. The molecule has 1 aromatic heterocycles. The van der Waals surface area contributed by atoms with Crippen molar-refractivity contribution in [2.24, 2.45) is 0 Å². The van der Waals surface area contributed by atoms with E-state index in [9.17, 15) is 4.79 Å². The summed E-state index contributed by atoms with van der Waals surface area (Å²) < 4.78 is 0.786. The first kappa shape index (κ1) is 14.7. The third-order valence-electron chi connectivity index (χ3n) is 2.95. The topological polar surface area (TPSA) is 42.0 Å². The Balaban J connectivity index is 2.29. The Labute approximate surface area is 127 Å². The van der Waals surface area contributed by atoms with Crippen LogP contribution >= 0.6 is 15.9 Å². The van der Waals surface area contributed by atoms with Gasteiger partial charge in [0.2, 0.25) is 0 Å². The lowest BCUT2D eigenvalue weighted by atomic mass is 9.86. The van der Waals surface area contributed by atoms with Crippen molar-refractivity contribution in [1.82, 2.24) is 4.98 Å². The number of anilines is 1. The van der Waals surface area contributed by atoms with Crippen LogP contribution in [0.2, 0.25) is 0 Å². The van der Waals surface area contributed by atoms with Gasteiger partial charge in [0.25, 0.3) is 5.91 Å². The summed E-state index contributed by atoms with van der Waals surface area (Å²) in [6, 6.07) is 9.61. The molecule has 20 heavy (non-hydrogen) atoms. The fourth-order valence-corrected chi connectivity index (χ4v) is 2.34. The number of nitrogens with zero attached hydrogens (tertiary/aromatic N) is 1. The van der Waals surface area contributed by atoms with E-state index in [1.165, 1.54) is 0 Å². The van der Waals surface area contributed by atoms with Crippen molar-refractivity contribution >= 4 is 27.5 Å². The molecule has 0 atom stereocenters. The summed E-state index contributed by atoms with van der Waals surface area (Å²) in [6.45, 7) is 6.37. The highest BCUT2D eigenvalue weighted by atomic mass is 79.9. The lowest BCUT2D eigenvalue weighted by molar-refractivity contribution is 0.102. The molecule has 0 saturated carbocycles. The third kappa shape index (κ3) is 3.45. The number of benzene rings is 1. The average molecular weight is 333 g/mol. The summed E-state index contributed by atoms with van der Waals surface area (Å²) in [4.78, 5) is 16.3. The normalized spacial score (nSPS) is 11.2. The smallest absolute Gasteiger partial charge is 0.257 e. The van der Waals surface area contributed by atoms with E-state index in [2.05, 4.69) is 47.0 Å². The van der Waals surface area contributed by atoms with E-state index in [1.807, 2.05) is 24.3 Å². The van der Waals surface area contributed by atoms with Gasteiger partial charge in [-0.05, 0) is 39.0 Å². The number of hydrogen-bond donors (Lipinski definition) is 1. The second kappa shape index (κ2) is 5.75. The van der Waals surface area contributed by atoms with Gasteiger partial charge in [-0.25, -0.2) is 0 Å². The van der Waals surface area contributed by atoms with Crippen LogP contribution in [-0.4, -0.2) is 10.9 Å². The number of pyridine rings is 1. The minimum absolute atomic E-state index is 0.0284. The number of amides is 1. The zero-order valence-corrected chi connectivity index (χ0v) is 13.4. The van der Waals surface area contributed by atoms with Crippen LogP contribution < -0.4 is 5.32 Å². The number of hydrogen-bond acceptors (Lipinski definition) is 2. The molecular weight excluding hydrogens is 316 g/mol. The van der Waals surface area contributed by atoms with Crippen LogP contribution in [0.4, 0.5) is 5.69 Å². The monoisotopic (exact) mass is 332 g/mol. The van der Waals surface area contributed by atoms with Gasteiger partial charge >= 0.3 is 0 Å². The van der Waals surface area contributed by atoms with Crippen molar-refractivity contribution < 1.29 is 4.79 Å². The standard InChI is InChI=1S/C16H17BrN2O/c1-16(2,3)13-6-4-5-7-14(13)19-15(20)11-8-12(17)10-18-9-11/h4-10H,1-3H3,(H,19,20). The second-order valence-electron chi connectivity index (χ2n) is 5.64. The van der Waals surface area contributed by atoms with Crippen LogP contribution in [0.15, 0.2) is 47.2 Å². The van der Waals surface area contributed by atoms with Crippen LogP contribution in [0.5, 0.6) is 0 Å². The molecule has 0 unspecified atom stereocenters. The molecule has 0 fully saturated rings. The van der Waals surface area contributed by atoms with Crippen molar-refractivity contribution in [3.8, 4) is 0 Å². The summed E-state index contributed by atoms with van der Waals surface area (Å²) in [5, 5.41) is 2.96. The second-order valence-corrected chi connectivity index (χ2v) is 6.56. The van der Waals surface area contributed by atoms with E-state index < -0.39 is 0 Å². The Morgan fingerprint density at radius 3 is 2.55 bits per heavy atom. The Kier molecular flexibility index (Phi) is 4.23. The van der Waals surface area contributed by atoms with Gasteiger partial charge in [-0.15, -0.1) is 0 Å². The molecule has 1 aromatic carbocycles. The molecule has 2 aromatic rings. The molecule has 0 bridgehead atoms. The van der Waals surface area contributed by atoms with Crippen molar-refractivity contribution in [2.45, 2.75) is 26.2 Å². The Hall–Kier alpha value is -1.68. The van der Waals surface area contributed by atoms with E-state index >= 15 is 0 Å². The lowest BCUT2D eigenvalue weighted by Crippen LogP contribution is -2.18. The van der Waals surface area contributed by atoms with Gasteiger partial charge in [-0.3, -0.25) is 9.78 Å². The summed E-state index contributed by atoms with van der Waals surface area (Å²) in [5.74, 6) is -0.157. The number of carbonyl (C=O) groups is 1. The number of aromatic nitrogens is 1. The molecule has 3 nitrogen and oxygen atoms in total. The van der Waals surface area contributed by atoms with Crippen LogP contribution in [-0.2, 0) is 5.41 Å². The maximum absolute atomic E-state index is 12.3. The highest BCUT2D eigenvalue weighted by molar-refractivity contribution is 9.10. The largest absolute Gasteiger partial charge is 0.322 e. The zero-order valence-electron chi connectivity index (χ0n) is 11.8. The number of nitrogens with one attached hydrogen (secondary N) is 1. The molecule has 104 valence electrons. The average Bonchev–Trinajstić information content (AvgIpc) is 2.38. The predicted octanol–water partition coefficient (Wildman–Crippen LogP) is 4.39. The Morgan fingerprint density at radius 1 is 1.20 bits per heavy atom. The molecule has 1 N–H and O–H groups in total. The highest BCUT2D eigenvalue weighted by Gasteiger charge is 2.19. The summed E-state index contributed by atoms with van der Waals surface area (Å²) in [7, 11) is 0.